The summed E-state index contributed by atoms with van der Waals surface area (Å²) in [7, 11) is 1.18. The van der Waals surface area contributed by atoms with Crippen molar-refractivity contribution in [3.05, 3.63) is 58.4 Å². The third-order valence-electron chi connectivity index (χ3n) is 21.8. The molecular formula is C67H98N2O24. The Morgan fingerprint density at radius 3 is 1.99 bits per heavy atom. The van der Waals surface area contributed by atoms with Crippen LogP contribution in [0.3, 0.4) is 0 Å². The van der Waals surface area contributed by atoms with E-state index in [2.05, 4.69) is 25.2 Å². The summed E-state index contributed by atoms with van der Waals surface area (Å²) in [4.78, 5) is 68.1. The number of aliphatic hydroxyl groups excluding tert-OH is 4. The first-order valence-electron chi connectivity index (χ1n) is 33.1. The molecule has 93 heavy (non-hydrogen) atoms. The summed E-state index contributed by atoms with van der Waals surface area (Å²) in [5, 5.41) is 70.6. The molecule has 26 nitrogen and oxygen atoms in total. The molecular weight excluding hydrogens is 1220 g/mol. The molecule has 29 atom stereocenters. The first kappa shape index (κ1) is 71.2. The molecule has 6 heterocycles. The number of allylic oxidation sites excluding steroid dienone is 3. The number of esters is 2. The normalized spacial score (nSPS) is 47.5. The van der Waals surface area contributed by atoms with Crippen LogP contribution >= 0.6 is 0 Å². The summed E-state index contributed by atoms with van der Waals surface area (Å²) in [5.74, 6) is -6.34. The average molecular weight is 1320 g/mol. The van der Waals surface area contributed by atoms with Gasteiger partial charge in [-0.2, -0.15) is 0 Å². The molecule has 4 aliphatic carbocycles. The average Bonchev–Trinajstić information content (AvgIpc) is 1.68. The lowest BCUT2D eigenvalue weighted by molar-refractivity contribution is -0.390. The Hall–Kier alpha value is -4.59. The molecule has 6 aliphatic heterocycles. The Morgan fingerprint density at radius 1 is 0.699 bits per heavy atom. The first-order chi connectivity index (χ1) is 43.9. The molecule has 10 rings (SSSR count). The number of fused-ring (bicyclic) bond motifs is 4. The van der Waals surface area contributed by atoms with Crippen molar-refractivity contribution in [1.29, 1.82) is 0 Å². The second-order valence-electron chi connectivity index (χ2n) is 28.2. The highest BCUT2D eigenvalue weighted by molar-refractivity contribution is 6.26. The molecule has 0 radical (unpaired) electrons. The van der Waals surface area contributed by atoms with Gasteiger partial charge in [0.05, 0.1) is 91.8 Å². The van der Waals surface area contributed by atoms with Crippen molar-refractivity contribution in [3.63, 3.8) is 0 Å². The fourth-order valence-electron chi connectivity index (χ4n) is 16.9. The summed E-state index contributed by atoms with van der Waals surface area (Å²) < 4.78 is 81.7. The van der Waals surface area contributed by atoms with Crippen LogP contribution in [0.1, 0.15) is 147 Å². The molecule has 10 aliphatic rings. The van der Waals surface area contributed by atoms with Crippen molar-refractivity contribution >= 4 is 30.1 Å². The number of hydrogen-bond donors (Lipinski definition) is 7. The molecule has 1 amide bonds. The van der Waals surface area contributed by atoms with E-state index < -0.39 is 205 Å². The van der Waals surface area contributed by atoms with Crippen molar-refractivity contribution in [2.75, 3.05) is 7.11 Å². The number of amides is 1. The van der Waals surface area contributed by atoms with Gasteiger partial charge in [0.25, 0.3) is 0 Å². The van der Waals surface area contributed by atoms with Gasteiger partial charge in [0.15, 0.2) is 43.2 Å². The zero-order valence-corrected chi connectivity index (χ0v) is 55.5. The number of aliphatic hydroxyl groups is 4. The van der Waals surface area contributed by atoms with Crippen LogP contribution in [-0.4, -0.2) is 207 Å². The van der Waals surface area contributed by atoms with Crippen LogP contribution in [0.25, 0.3) is 0 Å². The molecule has 18 unspecified atom stereocenters. The monoisotopic (exact) mass is 1310 g/mol. The molecule has 26 heteroatoms. The largest absolute Gasteiger partial charge is 0.511 e. The lowest BCUT2D eigenvalue weighted by Crippen LogP contribution is -2.68. The lowest BCUT2D eigenvalue weighted by atomic mass is 9.49. The minimum Gasteiger partial charge on any atom is -0.511 e. The zero-order chi connectivity index (χ0) is 67.5. The predicted molar refractivity (Wildman–Crippen MR) is 324 cm³/mol. The van der Waals surface area contributed by atoms with Gasteiger partial charge in [0, 0.05) is 62.7 Å². The van der Waals surface area contributed by atoms with Crippen LogP contribution in [0.4, 0.5) is 4.79 Å². The van der Waals surface area contributed by atoms with Gasteiger partial charge in [0.2, 0.25) is 5.78 Å². The highest BCUT2D eigenvalue weighted by Crippen LogP contribution is 2.61. The van der Waals surface area contributed by atoms with E-state index in [0.29, 0.717) is 44.0 Å². The Morgan fingerprint density at radius 2 is 1.33 bits per heavy atom. The van der Waals surface area contributed by atoms with Crippen LogP contribution < -0.4 is 5.32 Å². The van der Waals surface area contributed by atoms with Crippen LogP contribution in [0, 0.1) is 40.9 Å². The van der Waals surface area contributed by atoms with E-state index in [-0.39, 0.29) is 48.3 Å². The van der Waals surface area contributed by atoms with Crippen LogP contribution in [-0.2, 0) is 80.8 Å². The smallest absolute Gasteiger partial charge is 0.407 e. The maximum absolute atomic E-state index is 15.6. The Labute approximate surface area is 543 Å². The number of aldehydes is 1. The van der Waals surface area contributed by atoms with Gasteiger partial charge in [-0.15, -0.1) is 0 Å². The number of nitrogens with zero attached hydrogens (tertiary/aromatic N) is 1. The van der Waals surface area contributed by atoms with Crippen molar-refractivity contribution in [1.82, 2.24) is 10.5 Å². The van der Waals surface area contributed by atoms with E-state index in [1.54, 1.807) is 33.8 Å². The Kier molecular flexibility index (Phi) is 21.8. The van der Waals surface area contributed by atoms with Gasteiger partial charge in [-0.05, 0) is 116 Å². The van der Waals surface area contributed by atoms with Crippen LogP contribution in [0.5, 0.6) is 0 Å². The molecule has 1 saturated carbocycles. The number of ether oxygens (including phenoxy) is 13. The number of hydroxylamine groups is 2. The third-order valence-corrected chi connectivity index (χ3v) is 21.8. The number of carbonyl (C=O) groups excluding carboxylic acids is 5. The molecule has 0 aromatic heterocycles. The first-order valence-corrected chi connectivity index (χ1v) is 33.1. The Bertz CT molecular complexity index is 2900. The van der Waals surface area contributed by atoms with Gasteiger partial charge in [-0.1, -0.05) is 55.9 Å². The molecule has 6 saturated heterocycles. The number of alkyl carbamates (subject to hydrolysis) is 1. The topological polar surface area (TPSA) is 342 Å². The molecule has 0 aromatic carbocycles. The van der Waals surface area contributed by atoms with Crippen molar-refractivity contribution in [3.8, 4) is 0 Å². The minimum atomic E-state index is -2.18. The molecule has 0 aromatic rings. The van der Waals surface area contributed by atoms with Gasteiger partial charge in [0.1, 0.15) is 29.8 Å². The molecule has 7 fully saturated rings. The summed E-state index contributed by atoms with van der Waals surface area (Å²) in [5.41, 5.74) is -4.59. The third kappa shape index (κ3) is 14.1. The van der Waals surface area contributed by atoms with E-state index in [0.717, 1.165) is 5.57 Å². The number of nitrogens with one attached hydrogen (secondary N) is 1. The van der Waals surface area contributed by atoms with E-state index in [4.69, 9.17) is 61.6 Å². The van der Waals surface area contributed by atoms with Crippen molar-refractivity contribution in [2.24, 2.45) is 40.9 Å². The zero-order valence-electron chi connectivity index (χ0n) is 55.5. The SMILES string of the molecule is COC(=O)NC1C(C)OC(O[C@H]2C/C=C(\C)[C@@H]3C=C[C@@H]4[C@@H](OC5CC(OC6CCC(OC7CC(O)C(OC8CCC(O)C(C)O8)C(C)O7)C(C)O6)C(OC(C)=O)C(C)O5)[C@@H](C)C[C@H](C)[C@H]4[C@]3(C)C(O)=C3C(=O)O[C@]4(CC(C=O)=C[C@H](O)[C@H]4/C=C\2C)C3=O)CC1(C)N(O)O. The van der Waals surface area contributed by atoms with E-state index >= 15 is 4.79 Å². The van der Waals surface area contributed by atoms with Crippen molar-refractivity contribution in [2.45, 2.75) is 281 Å². The number of rotatable bonds is 14. The molecule has 7 N–H and O–H groups in total. The van der Waals surface area contributed by atoms with Gasteiger partial charge >= 0.3 is 18.0 Å². The Balaban J connectivity index is 0.903. The van der Waals surface area contributed by atoms with Crippen molar-refractivity contribution < 1.29 is 116 Å². The maximum Gasteiger partial charge on any atom is 0.407 e. The van der Waals surface area contributed by atoms with Gasteiger partial charge in [-0.25, -0.2) is 9.59 Å². The van der Waals surface area contributed by atoms with Gasteiger partial charge < -0.3 is 87.3 Å². The number of carbonyl (C=O) groups is 5. The fourth-order valence-corrected chi connectivity index (χ4v) is 16.9. The number of Topliss-reactive ketones (excluding diaryl/α,β-unsaturated/α-hetero) is 1. The maximum atomic E-state index is 15.6. The predicted octanol–water partition coefficient (Wildman–Crippen LogP) is 6.16. The summed E-state index contributed by atoms with van der Waals surface area (Å²) in [6, 6.07) is -0.999. The molecule has 2 bridgehead atoms. The highest BCUT2D eigenvalue weighted by Gasteiger charge is 2.65. The molecule has 520 valence electrons. The second-order valence-corrected chi connectivity index (χ2v) is 28.2. The molecule has 1 spiro atoms. The lowest BCUT2D eigenvalue weighted by Gasteiger charge is -2.56. The van der Waals surface area contributed by atoms with E-state index in [1.165, 1.54) is 27.0 Å². The second kappa shape index (κ2) is 28.5. The van der Waals surface area contributed by atoms with Gasteiger partial charge in [-0.3, -0.25) is 24.8 Å². The highest BCUT2D eigenvalue weighted by atomic mass is 16.8. The standard InChI is InChI=1S/C67H98N2O24/c1-30-14-18-47(88-54-28-65(11,69(79)80)60(38(9)86-54)68-64(78)81-13)31(2)23-43-45(73)24-40(29-70)27-67(43)62(76)55(63(77)93-67)61(75)66(12)42(30)16-15-41-56(66)32(3)22-33(4)57(41)92-53-26-49(59(37(8)85-53)87-39(10)71)90-50-21-19-48(35(6)83-50)89-52-25-46(74)58(36(7)84-52)91-51-20-17-44(72)34(5)82-51/h14-16,23-24,29,32-38,41-54,56-60,72-75,79-80H,17-22,25-28H2,1-13H3,(H,68,78)/b30-14+,31-23-,61-55?/t32-,33-,34?,35?,36?,37?,38?,41-,42-,43+,44?,45-,46?,47-,48?,49?,50?,51?,52?,53?,54?,56+,57-,58?,59?,60?,65?,66+,67-/m0/s1. The summed E-state index contributed by atoms with van der Waals surface area (Å²) in [6.45, 7) is 21.3. The number of methoxy groups -OCH3 is 1. The number of ketones is 1. The number of hydrogen-bond acceptors (Lipinski definition) is 25. The van der Waals surface area contributed by atoms with E-state index in [9.17, 15) is 50.0 Å². The fraction of sp³-hybridized carbons (Fsp3) is 0.776. The van der Waals surface area contributed by atoms with Crippen LogP contribution in [0.2, 0.25) is 0 Å². The van der Waals surface area contributed by atoms with Crippen LogP contribution in [0.15, 0.2) is 58.4 Å². The quantitative estimate of drug-likeness (QED) is 0.0255. The minimum absolute atomic E-state index is 0.00988. The summed E-state index contributed by atoms with van der Waals surface area (Å²) in [6.07, 6.45) is -3.58. The summed E-state index contributed by atoms with van der Waals surface area (Å²) >= 11 is 0. The van der Waals surface area contributed by atoms with E-state index in [1.807, 2.05) is 39.8 Å².